The summed E-state index contributed by atoms with van der Waals surface area (Å²) in [6.45, 7) is 4.75. The number of rotatable bonds is 4. The van der Waals surface area contributed by atoms with Crippen LogP contribution in [0, 0.1) is 19.7 Å². The molecule has 4 rings (SSSR count). The van der Waals surface area contributed by atoms with Gasteiger partial charge in [0, 0.05) is 17.8 Å². The number of methoxy groups -OCH3 is 1. The summed E-state index contributed by atoms with van der Waals surface area (Å²) in [5.41, 5.74) is 3.07. The quantitative estimate of drug-likeness (QED) is 0.648. The molecule has 0 saturated carbocycles. The van der Waals surface area contributed by atoms with Crippen molar-refractivity contribution in [1.29, 1.82) is 0 Å². The average molecular weight is 426 g/mol. The van der Waals surface area contributed by atoms with Crippen molar-refractivity contribution in [3.8, 4) is 5.69 Å². The first kappa shape index (κ1) is 20.8. The molecule has 1 amide bonds. The monoisotopic (exact) mass is 426 g/mol. The molecule has 0 spiro atoms. The number of amides is 1. The van der Waals surface area contributed by atoms with Crippen LogP contribution in [0.1, 0.15) is 44.0 Å². The summed E-state index contributed by atoms with van der Waals surface area (Å²) in [5, 5.41) is 4.54. The number of carbonyl (C=O) groups excluding carboxylic acids is 2. The highest BCUT2D eigenvalue weighted by Gasteiger charge is 2.34. The molecule has 1 fully saturated rings. The minimum absolute atomic E-state index is 0.204. The van der Waals surface area contributed by atoms with Crippen molar-refractivity contribution in [3.63, 3.8) is 0 Å². The van der Waals surface area contributed by atoms with Crippen molar-refractivity contribution >= 4 is 11.9 Å². The molecule has 1 atom stereocenters. The van der Waals surface area contributed by atoms with E-state index >= 15 is 0 Å². The highest BCUT2D eigenvalue weighted by atomic mass is 19.1. The summed E-state index contributed by atoms with van der Waals surface area (Å²) in [6, 6.07) is 9.09. The van der Waals surface area contributed by atoms with E-state index in [0.29, 0.717) is 31.1 Å². The van der Waals surface area contributed by atoms with E-state index in [-0.39, 0.29) is 23.1 Å². The van der Waals surface area contributed by atoms with Crippen molar-refractivity contribution in [2.45, 2.75) is 19.9 Å². The van der Waals surface area contributed by atoms with Crippen LogP contribution in [-0.2, 0) is 9.47 Å². The lowest BCUT2D eigenvalue weighted by molar-refractivity contribution is -0.00331. The van der Waals surface area contributed by atoms with Gasteiger partial charge in [-0.3, -0.25) is 4.79 Å². The Balaban J connectivity index is 1.70. The molecule has 9 heteroatoms. The van der Waals surface area contributed by atoms with Crippen molar-refractivity contribution < 1.29 is 23.5 Å². The number of esters is 1. The van der Waals surface area contributed by atoms with Crippen molar-refractivity contribution in [2.75, 3.05) is 26.9 Å². The van der Waals surface area contributed by atoms with Gasteiger partial charge >= 0.3 is 5.97 Å². The Bertz CT molecular complexity index is 1140. The van der Waals surface area contributed by atoms with Gasteiger partial charge in [0.1, 0.15) is 22.9 Å². The molecule has 0 aliphatic carbocycles. The van der Waals surface area contributed by atoms with Gasteiger partial charge in [0.05, 0.1) is 32.1 Å². The van der Waals surface area contributed by atoms with Crippen LogP contribution in [0.5, 0.6) is 0 Å². The second-order valence-electron chi connectivity index (χ2n) is 7.31. The van der Waals surface area contributed by atoms with Crippen LogP contribution in [0.25, 0.3) is 5.69 Å². The molecule has 31 heavy (non-hydrogen) atoms. The van der Waals surface area contributed by atoms with Gasteiger partial charge in [-0.2, -0.15) is 5.10 Å². The average Bonchev–Trinajstić information content (AvgIpc) is 3.38. The molecule has 1 aliphatic heterocycles. The van der Waals surface area contributed by atoms with E-state index < -0.39 is 12.0 Å². The molecule has 0 radical (unpaired) electrons. The zero-order valence-corrected chi connectivity index (χ0v) is 17.5. The number of ether oxygens (including phenoxy) is 2. The number of aromatic amines is 1. The lowest BCUT2D eigenvalue weighted by Gasteiger charge is -2.35. The Kier molecular flexibility index (Phi) is 5.60. The Labute approximate surface area is 178 Å². The Morgan fingerprint density at radius 2 is 1.94 bits per heavy atom. The third-order valence-electron chi connectivity index (χ3n) is 5.47. The molecule has 1 aromatic carbocycles. The van der Waals surface area contributed by atoms with Gasteiger partial charge < -0.3 is 19.4 Å². The van der Waals surface area contributed by atoms with Gasteiger partial charge in [-0.15, -0.1) is 0 Å². The molecule has 1 N–H and O–H groups in total. The third kappa shape index (κ3) is 3.72. The van der Waals surface area contributed by atoms with E-state index in [1.54, 1.807) is 33.8 Å². The second-order valence-corrected chi connectivity index (χ2v) is 7.31. The molecule has 1 aliphatic rings. The molecule has 3 aromatic rings. The van der Waals surface area contributed by atoms with Gasteiger partial charge in [0.25, 0.3) is 5.91 Å². The molecule has 3 heterocycles. The maximum Gasteiger partial charge on any atom is 0.354 e. The lowest BCUT2D eigenvalue weighted by Crippen LogP contribution is -2.44. The molecular weight excluding hydrogens is 403 g/mol. The van der Waals surface area contributed by atoms with Crippen LogP contribution in [0.15, 0.2) is 36.4 Å². The van der Waals surface area contributed by atoms with Crippen LogP contribution in [-0.4, -0.2) is 58.4 Å². The molecule has 2 aromatic heterocycles. The first-order valence-corrected chi connectivity index (χ1v) is 9.89. The first-order valence-electron chi connectivity index (χ1n) is 9.89. The Morgan fingerprint density at radius 3 is 2.68 bits per heavy atom. The number of morpholine rings is 1. The summed E-state index contributed by atoms with van der Waals surface area (Å²) in [4.78, 5) is 29.5. The largest absolute Gasteiger partial charge is 0.464 e. The number of hydrogen-bond donors (Lipinski definition) is 1. The molecule has 8 nitrogen and oxygen atoms in total. The number of nitrogens with one attached hydrogen (secondary N) is 1. The Morgan fingerprint density at radius 1 is 1.19 bits per heavy atom. The van der Waals surface area contributed by atoms with Crippen LogP contribution in [0.3, 0.4) is 0 Å². The van der Waals surface area contributed by atoms with Crippen LogP contribution in [0.2, 0.25) is 0 Å². The van der Waals surface area contributed by atoms with Crippen LogP contribution in [0.4, 0.5) is 4.39 Å². The Hall–Kier alpha value is -3.46. The van der Waals surface area contributed by atoms with Crippen molar-refractivity contribution in [2.24, 2.45) is 0 Å². The fraction of sp³-hybridized carbons (Fsp3) is 0.318. The SMILES string of the molecule is COC(=O)c1ccc(C(=O)N2CCOCC2c2c(C)nn(-c3ccccc3F)c2C)[nH]1. The predicted octanol–water partition coefficient (Wildman–Crippen LogP) is 2.96. The second kappa shape index (κ2) is 8.35. The summed E-state index contributed by atoms with van der Waals surface area (Å²) in [6.07, 6.45) is 0. The number of para-hydroxylation sites is 1. The van der Waals surface area contributed by atoms with Gasteiger partial charge in [0.15, 0.2) is 0 Å². The summed E-state index contributed by atoms with van der Waals surface area (Å²) in [7, 11) is 1.28. The van der Waals surface area contributed by atoms with E-state index in [0.717, 1.165) is 11.3 Å². The number of benzene rings is 1. The van der Waals surface area contributed by atoms with E-state index in [2.05, 4.69) is 10.1 Å². The van der Waals surface area contributed by atoms with E-state index in [1.165, 1.54) is 19.2 Å². The fourth-order valence-corrected chi connectivity index (χ4v) is 3.98. The number of H-pyrrole nitrogens is 1. The van der Waals surface area contributed by atoms with E-state index in [1.807, 2.05) is 13.8 Å². The maximum atomic E-state index is 14.4. The number of aryl methyl sites for hydroxylation is 1. The van der Waals surface area contributed by atoms with Crippen LogP contribution < -0.4 is 0 Å². The highest BCUT2D eigenvalue weighted by molar-refractivity contribution is 5.96. The van der Waals surface area contributed by atoms with Crippen molar-refractivity contribution in [1.82, 2.24) is 19.7 Å². The standard InChI is InChI=1S/C22H23FN4O4/c1-13-20(14(2)27(25-13)18-7-5-4-6-15(18)23)19-12-31-11-10-26(19)21(28)16-8-9-17(24-16)22(29)30-3/h4-9,19,24H,10-12H2,1-3H3. The predicted molar refractivity (Wildman–Crippen MR) is 110 cm³/mol. The van der Waals surface area contributed by atoms with Crippen molar-refractivity contribution in [3.05, 3.63) is 70.6 Å². The highest BCUT2D eigenvalue weighted by Crippen LogP contribution is 2.32. The molecule has 162 valence electrons. The van der Waals surface area contributed by atoms with Gasteiger partial charge in [-0.1, -0.05) is 12.1 Å². The number of halogens is 1. The fourth-order valence-electron chi connectivity index (χ4n) is 3.98. The maximum absolute atomic E-state index is 14.4. The number of aromatic nitrogens is 3. The summed E-state index contributed by atoms with van der Waals surface area (Å²) in [5.74, 6) is -1.19. The zero-order chi connectivity index (χ0) is 22.1. The summed E-state index contributed by atoms with van der Waals surface area (Å²) < 4.78 is 26.3. The normalized spacial score (nSPS) is 16.4. The minimum Gasteiger partial charge on any atom is -0.464 e. The first-order chi connectivity index (χ1) is 14.9. The van der Waals surface area contributed by atoms with Gasteiger partial charge in [0.2, 0.25) is 0 Å². The molecule has 1 saturated heterocycles. The summed E-state index contributed by atoms with van der Waals surface area (Å²) >= 11 is 0. The van der Waals surface area contributed by atoms with E-state index in [9.17, 15) is 14.0 Å². The smallest absolute Gasteiger partial charge is 0.354 e. The van der Waals surface area contributed by atoms with E-state index in [4.69, 9.17) is 9.47 Å². The third-order valence-corrected chi connectivity index (χ3v) is 5.47. The molecule has 0 bridgehead atoms. The van der Waals surface area contributed by atoms with Gasteiger partial charge in [-0.05, 0) is 38.1 Å². The topological polar surface area (TPSA) is 89.4 Å². The number of hydrogen-bond acceptors (Lipinski definition) is 5. The molecule has 1 unspecified atom stereocenters. The zero-order valence-electron chi connectivity index (χ0n) is 17.5. The van der Waals surface area contributed by atoms with Crippen LogP contribution >= 0.6 is 0 Å². The number of carbonyl (C=O) groups is 2. The van der Waals surface area contributed by atoms with Gasteiger partial charge in [-0.25, -0.2) is 13.9 Å². The minimum atomic E-state index is -0.546. The number of nitrogens with zero attached hydrogens (tertiary/aromatic N) is 3. The lowest BCUT2D eigenvalue weighted by atomic mass is 10.0. The molecular formula is C22H23FN4O4.